The summed E-state index contributed by atoms with van der Waals surface area (Å²) in [5, 5.41) is 0. The molecule has 1 aliphatic rings. The molecule has 1 aliphatic carbocycles. The van der Waals surface area contributed by atoms with Gasteiger partial charge in [-0.1, -0.05) is 69.6 Å². The summed E-state index contributed by atoms with van der Waals surface area (Å²) >= 11 is 0. The van der Waals surface area contributed by atoms with Gasteiger partial charge in [0.25, 0.3) is 0 Å². The Morgan fingerprint density at radius 3 is 2.56 bits per heavy atom. The maximum atomic E-state index is 12.0. The Kier molecular flexibility index (Phi) is 11.2. The van der Waals surface area contributed by atoms with Gasteiger partial charge in [-0.2, -0.15) is 0 Å². The first-order valence-electron chi connectivity index (χ1n) is 9.98. The predicted octanol–water partition coefficient (Wildman–Crippen LogP) is 5.76. The maximum Gasteiger partial charge on any atom is 0.335 e. The standard InChI is InChI=1S/C22H36O3/c1-4-7-15-22(17-12-9-13-18-22)16-11-8-10-14-20(25-19-5-2)21(23)24-6-3/h7,12-13,15,17-18,20H,4-6,8-11,14,16,19H2,1-3H3/b15-7-. The molecule has 1 rings (SSSR count). The number of carbonyl (C=O) groups is 1. The first kappa shape index (κ1) is 21.7. The van der Waals surface area contributed by atoms with E-state index >= 15 is 0 Å². The van der Waals surface area contributed by atoms with Crippen molar-refractivity contribution in [1.82, 2.24) is 0 Å². The van der Waals surface area contributed by atoms with Crippen molar-refractivity contribution in [2.75, 3.05) is 13.2 Å². The molecule has 0 aliphatic heterocycles. The van der Waals surface area contributed by atoms with Gasteiger partial charge in [0.05, 0.1) is 6.61 Å². The van der Waals surface area contributed by atoms with Crippen LogP contribution in [0.15, 0.2) is 36.5 Å². The quantitative estimate of drug-likeness (QED) is 0.241. The van der Waals surface area contributed by atoms with Crippen LogP contribution in [0, 0.1) is 5.41 Å². The van der Waals surface area contributed by atoms with E-state index in [1.807, 2.05) is 6.92 Å². The van der Waals surface area contributed by atoms with Crippen LogP contribution in [-0.4, -0.2) is 25.3 Å². The molecule has 0 saturated carbocycles. The minimum absolute atomic E-state index is 0.0908. The highest BCUT2D eigenvalue weighted by Crippen LogP contribution is 2.33. The van der Waals surface area contributed by atoms with Gasteiger partial charge in [-0.05, 0) is 39.0 Å². The Balaban J connectivity index is 2.39. The van der Waals surface area contributed by atoms with Gasteiger partial charge in [0, 0.05) is 12.0 Å². The highest BCUT2D eigenvalue weighted by Gasteiger charge is 2.22. The zero-order valence-corrected chi connectivity index (χ0v) is 16.3. The van der Waals surface area contributed by atoms with E-state index in [0.29, 0.717) is 13.2 Å². The lowest BCUT2D eigenvalue weighted by Crippen LogP contribution is -2.27. The zero-order chi connectivity index (χ0) is 18.4. The summed E-state index contributed by atoms with van der Waals surface area (Å²) in [5.74, 6) is -0.212. The summed E-state index contributed by atoms with van der Waals surface area (Å²) in [6, 6.07) is 0. The molecule has 3 heteroatoms. The summed E-state index contributed by atoms with van der Waals surface area (Å²) in [5.41, 5.74) is 0.0908. The van der Waals surface area contributed by atoms with Crippen LogP contribution in [0.4, 0.5) is 0 Å². The number of rotatable bonds is 13. The molecule has 3 nitrogen and oxygen atoms in total. The van der Waals surface area contributed by atoms with E-state index in [4.69, 9.17) is 9.47 Å². The number of hydrogen-bond donors (Lipinski definition) is 0. The third kappa shape index (κ3) is 8.53. The second kappa shape index (κ2) is 12.9. The van der Waals surface area contributed by atoms with E-state index in [0.717, 1.165) is 51.4 Å². The predicted molar refractivity (Wildman–Crippen MR) is 105 cm³/mol. The normalized spacial score (nSPS) is 17.1. The lowest BCUT2D eigenvalue weighted by atomic mass is 9.79. The summed E-state index contributed by atoms with van der Waals surface area (Å²) in [4.78, 5) is 12.0. The summed E-state index contributed by atoms with van der Waals surface area (Å²) in [6.07, 6.45) is 21.5. The highest BCUT2D eigenvalue weighted by molar-refractivity contribution is 5.74. The van der Waals surface area contributed by atoms with Crippen LogP contribution < -0.4 is 0 Å². The topological polar surface area (TPSA) is 35.5 Å². The van der Waals surface area contributed by atoms with Gasteiger partial charge < -0.3 is 9.47 Å². The Morgan fingerprint density at radius 2 is 1.92 bits per heavy atom. The lowest BCUT2D eigenvalue weighted by Gasteiger charge is -2.26. The highest BCUT2D eigenvalue weighted by atomic mass is 16.6. The van der Waals surface area contributed by atoms with Crippen LogP contribution in [0.2, 0.25) is 0 Å². The Bertz CT molecular complexity index is 436. The molecule has 0 amide bonds. The molecule has 1 unspecified atom stereocenters. The first-order valence-corrected chi connectivity index (χ1v) is 9.98. The SMILES string of the molecule is CC/C=C\C1(CCCCCC(OCCC)C(=O)OCC)C=CCC=C1. The smallest absolute Gasteiger partial charge is 0.335 e. The van der Waals surface area contributed by atoms with Crippen LogP contribution >= 0.6 is 0 Å². The van der Waals surface area contributed by atoms with Crippen molar-refractivity contribution in [3.8, 4) is 0 Å². The fourth-order valence-corrected chi connectivity index (χ4v) is 3.11. The number of carbonyl (C=O) groups excluding carboxylic acids is 1. The van der Waals surface area contributed by atoms with Crippen molar-refractivity contribution in [3.05, 3.63) is 36.5 Å². The maximum absolute atomic E-state index is 12.0. The molecule has 0 fully saturated rings. The van der Waals surface area contributed by atoms with Crippen molar-refractivity contribution >= 4 is 5.97 Å². The third-order valence-electron chi connectivity index (χ3n) is 4.44. The largest absolute Gasteiger partial charge is 0.464 e. The van der Waals surface area contributed by atoms with E-state index in [2.05, 4.69) is 50.3 Å². The van der Waals surface area contributed by atoms with Crippen LogP contribution in [0.1, 0.15) is 72.1 Å². The first-order chi connectivity index (χ1) is 12.2. The summed E-state index contributed by atoms with van der Waals surface area (Å²) in [7, 11) is 0. The van der Waals surface area contributed by atoms with Crippen molar-refractivity contribution < 1.29 is 14.3 Å². The molecule has 0 spiro atoms. The molecule has 25 heavy (non-hydrogen) atoms. The van der Waals surface area contributed by atoms with Crippen LogP contribution in [0.5, 0.6) is 0 Å². The molecular formula is C22H36O3. The summed E-state index contributed by atoms with van der Waals surface area (Å²) in [6.45, 7) is 7.09. The van der Waals surface area contributed by atoms with Crippen molar-refractivity contribution in [2.45, 2.75) is 78.2 Å². The van der Waals surface area contributed by atoms with Gasteiger partial charge in [0.15, 0.2) is 6.10 Å². The lowest BCUT2D eigenvalue weighted by molar-refractivity contribution is -0.157. The summed E-state index contributed by atoms with van der Waals surface area (Å²) < 4.78 is 10.8. The van der Waals surface area contributed by atoms with Gasteiger partial charge in [-0.25, -0.2) is 4.79 Å². The van der Waals surface area contributed by atoms with Gasteiger partial charge >= 0.3 is 5.97 Å². The van der Waals surface area contributed by atoms with E-state index in [1.165, 1.54) is 0 Å². The molecule has 0 radical (unpaired) electrons. The molecule has 1 atom stereocenters. The van der Waals surface area contributed by atoms with Crippen LogP contribution in [-0.2, 0) is 14.3 Å². The minimum Gasteiger partial charge on any atom is -0.464 e. The fraction of sp³-hybridized carbons (Fsp3) is 0.682. The molecule has 0 aromatic heterocycles. The molecule has 0 aromatic rings. The zero-order valence-electron chi connectivity index (χ0n) is 16.3. The number of unbranched alkanes of at least 4 members (excludes halogenated alkanes) is 2. The van der Waals surface area contributed by atoms with Crippen molar-refractivity contribution in [3.63, 3.8) is 0 Å². The Hall–Kier alpha value is -1.35. The number of esters is 1. The Labute approximate surface area is 154 Å². The average Bonchev–Trinajstić information content (AvgIpc) is 2.63. The number of hydrogen-bond acceptors (Lipinski definition) is 3. The van der Waals surface area contributed by atoms with Crippen molar-refractivity contribution in [1.29, 1.82) is 0 Å². The van der Waals surface area contributed by atoms with E-state index in [9.17, 15) is 4.79 Å². The third-order valence-corrected chi connectivity index (χ3v) is 4.44. The number of ether oxygens (including phenoxy) is 2. The van der Waals surface area contributed by atoms with E-state index < -0.39 is 6.10 Å². The second-order valence-corrected chi connectivity index (χ2v) is 6.67. The van der Waals surface area contributed by atoms with Crippen molar-refractivity contribution in [2.24, 2.45) is 5.41 Å². The average molecular weight is 349 g/mol. The van der Waals surface area contributed by atoms with Gasteiger partial charge in [-0.15, -0.1) is 0 Å². The molecule has 0 heterocycles. The number of allylic oxidation sites excluding steroid dienone is 6. The molecule has 0 aromatic carbocycles. The van der Waals surface area contributed by atoms with Crippen LogP contribution in [0.3, 0.4) is 0 Å². The molecule has 0 saturated heterocycles. The molecule has 0 N–H and O–H groups in total. The van der Waals surface area contributed by atoms with E-state index in [-0.39, 0.29) is 11.4 Å². The van der Waals surface area contributed by atoms with Gasteiger partial charge in [0.1, 0.15) is 0 Å². The molecule has 142 valence electrons. The second-order valence-electron chi connectivity index (χ2n) is 6.67. The molecule has 0 bridgehead atoms. The monoisotopic (exact) mass is 348 g/mol. The van der Waals surface area contributed by atoms with E-state index in [1.54, 1.807) is 0 Å². The van der Waals surface area contributed by atoms with Crippen LogP contribution in [0.25, 0.3) is 0 Å². The minimum atomic E-state index is -0.400. The fourth-order valence-electron chi connectivity index (χ4n) is 3.11. The molecular weight excluding hydrogens is 312 g/mol. The Morgan fingerprint density at radius 1 is 1.16 bits per heavy atom. The van der Waals surface area contributed by atoms with Gasteiger partial charge in [-0.3, -0.25) is 0 Å². The van der Waals surface area contributed by atoms with Gasteiger partial charge in [0.2, 0.25) is 0 Å².